The summed E-state index contributed by atoms with van der Waals surface area (Å²) in [4.78, 5) is 13.9. The lowest BCUT2D eigenvalue weighted by atomic mass is 10.1. The molecule has 0 saturated heterocycles. The molecule has 5 heteroatoms. The summed E-state index contributed by atoms with van der Waals surface area (Å²) in [7, 11) is 3.37. The van der Waals surface area contributed by atoms with Crippen molar-refractivity contribution in [2.75, 3.05) is 33.9 Å². The highest BCUT2D eigenvalue weighted by Gasteiger charge is 2.35. The quantitative estimate of drug-likeness (QED) is 0.619. The summed E-state index contributed by atoms with van der Waals surface area (Å²) < 4.78 is 5.17. The van der Waals surface area contributed by atoms with Crippen LogP contribution in [-0.4, -0.2) is 56.7 Å². The summed E-state index contributed by atoms with van der Waals surface area (Å²) >= 11 is 0. The molecule has 1 aliphatic rings. The maximum Gasteiger partial charge on any atom is 0.221 e. The zero-order valence-electron chi connectivity index (χ0n) is 11.8. The van der Waals surface area contributed by atoms with E-state index in [-0.39, 0.29) is 11.9 Å². The van der Waals surface area contributed by atoms with Gasteiger partial charge in [-0.3, -0.25) is 9.69 Å². The van der Waals surface area contributed by atoms with Crippen molar-refractivity contribution >= 4 is 5.91 Å². The average molecular weight is 257 g/mol. The summed E-state index contributed by atoms with van der Waals surface area (Å²) in [5.41, 5.74) is 5.84. The van der Waals surface area contributed by atoms with Gasteiger partial charge in [0.1, 0.15) is 0 Å². The van der Waals surface area contributed by atoms with Crippen LogP contribution in [0.4, 0.5) is 0 Å². The third-order valence-corrected chi connectivity index (χ3v) is 3.82. The zero-order chi connectivity index (χ0) is 13.5. The largest absolute Gasteiger partial charge is 0.383 e. The van der Waals surface area contributed by atoms with Crippen LogP contribution in [0.25, 0.3) is 0 Å². The van der Waals surface area contributed by atoms with Gasteiger partial charge < -0.3 is 15.8 Å². The molecule has 0 aromatic rings. The standard InChI is InChI=1S/C13H27N3O2/c1-10(11-4-5-11)16(6-7-18-3)12(9-14)8-13(17)15-2/h10-12H,4-9,14H2,1-3H3,(H,15,17). The number of carbonyl (C=O) groups excluding carboxylic acids is 1. The Labute approximate surface area is 110 Å². The van der Waals surface area contributed by atoms with Crippen LogP contribution in [0.1, 0.15) is 26.2 Å². The van der Waals surface area contributed by atoms with Crippen LogP contribution in [0, 0.1) is 5.92 Å². The Balaban J connectivity index is 2.61. The number of nitrogens with two attached hydrogens (primary N) is 1. The van der Waals surface area contributed by atoms with E-state index in [9.17, 15) is 4.79 Å². The first-order valence-electron chi connectivity index (χ1n) is 6.79. The molecule has 106 valence electrons. The molecule has 1 saturated carbocycles. The van der Waals surface area contributed by atoms with Crippen molar-refractivity contribution in [3.05, 3.63) is 0 Å². The van der Waals surface area contributed by atoms with Gasteiger partial charge in [0, 0.05) is 45.8 Å². The van der Waals surface area contributed by atoms with Crippen molar-refractivity contribution in [1.29, 1.82) is 0 Å². The lowest BCUT2D eigenvalue weighted by Crippen LogP contribution is -2.49. The molecule has 0 heterocycles. The molecule has 1 fully saturated rings. The Bertz CT molecular complexity index is 257. The van der Waals surface area contributed by atoms with Crippen molar-refractivity contribution in [2.24, 2.45) is 11.7 Å². The Morgan fingerprint density at radius 3 is 2.67 bits per heavy atom. The molecule has 18 heavy (non-hydrogen) atoms. The van der Waals surface area contributed by atoms with Crippen LogP contribution >= 0.6 is 0 Å². The second-order valence-electron chi connectivity index (χ2n) is 5.08. The van der Waals surface area contributed by atoms with E-state index in [1.165, 1.54) is 12.8 Å². The third-order valence-electron chi connectivity index (χ3n) is 3.82. The molecular formula is C13H27N3O2. The molecule has 0 bridgehead atoms. The monoisotopic (exact) mass is 257 g/mol. The normalized spacial score (nSPS) is 18.7. The fourth-order valence-corrected chi connectivity index (χ4v) is 2.42. The molecule has 0 spiro atoms. The van der Waals surface area contributed by atoms with E-state index in [1.807, 2.05) is 0 Å². The lowest BCUT2D eigenvalue weighted by molar-refractivity contribution is -0.122. The Kier molecular flexibility index (Phi) is 6.60. The van der Waals surface area contributed by atoms with E-state index in [0.717, 1.165) is 12.5 Å². The number of nitrogens with zero attached hydrogens (tertiary/aromatic N) is 1. The second-order valence-corrected chi connectivity index (χ2v) is 5.08. The van der Waals surface area contributed by atoms with Gasteiger partial charge in [0.2, 0.25) is 5.91 Å². The smallest absolute Gasteiger partial charge is 0.221 e. The predicted molar refractivity (Wildman–Crippen MR) is 72.3 cm³/mol. The average Bonchev–Trinajstić information content (AvgIpc) is 3.21. The van der Waals surface area contributed by atoms with Gasteiger partial charge >= 0.3 is 0 Å². The van der Waals surface area contributed by atoms with Crippen molar-refractivity contribution < 1.29 is 9.53 Å². The van der Waals surface area contributed by atoms with Crippen LogP contribution in [0.2, 0.25) is 0 Å². The van der Waals surface area contributed by atoms with Gasteiger partial charge in [0.05, 0.1) is 6.61 Å². The van der Waals surface area contributed by atoms with Crippen LogP contribution in [0.3, 0.4) is 0 Å². The van der Waals surface area contributed by atoms with E-state index >= 15 is 0 Å². The Morgan fingerprint density at radius 1 is 1.56 bits per heavy atom. The Hall–Kier alpha value is -0.650. The lowest BCUT2D eigenvalue weighted by Gasteiger charge is -2.35. The van der Waals surface area contributed by atoms with Gasteiger partial charge in [0.15, 0.2) is 0 Å². The molecule has 1 amide bonds. The SMILES string of the molecule is CNC(=O)CC(CN)N(CCOC)C(C)C1CC1. The fraction of sp³-hybridized carbons (Fsp3) is 0.923. The molecule has 0 aromatic carbocycles. The third kappa shape index (κ3) is 4.55. The van der Waals surface area contributed by atoms with Gasteiger partial charge in [-0.25, -0.2) is 0 Å². The van der Waals surface area contributed by atoms with Crippen molar-refractivity contribution in [3.63, 3.8) is 0 Å². The summed E-state index contributed by atoms with van der Waals surface area (Å²) in [6, 6.07) is 0.592. The topological polar surface area (TPSA) is 67.6 Å². The fourth-order valence-electron chi connectivity index (χ4n) is 2.42. The number of hydrogen-bond donors (Lipinski definition) is 2. The summed E-state index contributed by atoms with van der Waals surface area (Å²) in [6.07, 6.45) is 3.05. The van der Waals surface area contributed by atoms with Crippen LogP contribution in [0.15, 0.2) is 0 Å². The minimum atomic E-state index is 0.0517. The molecule has 0 aromatic heterocycles. The van der Waals surface area contributed by atoms with E-state index in [4.69, 9.17) is 10.5 Å². The highest BCUT2D eigenvalue weighted by Crippen LogP contribution is 2.35. The molecule has 2 atom stereocenters. The maximum absolute atomic E-state index is 11.5. The van der Waals surface area contributed by atoms with E-state index in [0.29, 0.717) is 25.6 Å². The minimum Gasteiger partial charge on any atom is -0.383 e. The number of ether oxygens (including phenoxy) is 1. The van der Waals surface area contributed by atoms with Crippen molar-refractivity contribution in [3.8, 4) is 0 Å². The molecule has 2 unspecified atom stereocenters. The van der Waals surface area contributed by atoms with Gasteiger partial charge in [-0.1, -0.05) is 0 Å². The van der Waals surface area contributed by atoms with E-state index in [2.05, 4.69) is 17.1 Å². The number of hydrogen-bond acceptors (Lipinski definition) is 4. The van der Waals surface area contributed by atoms with E-state index < -0.39 is 0 Å². The Morgan fingerprint density at radius 2 is 2.22 bits per heavy atom. The highest BCUT2D eigenvalue weighted by atomic mass is 16.5. The van der Waals surface area contributed by atoms with Crippen LogP contribution in [-0.2, 0) is 9.53 Å². The number of methoxy groups -OCH3 is 1. The maximum atomic E-state index is 11.5. The summed E-state index contributed by atoms with van der Waals surface area (Å²) in [5.74, 6) is 0.816. The highest BCUT2D eigenvalue weighted by molar-refractivity contribution is 5.76. The van der Waals surface area contributed by atoms with Gasteiger partial charge in [-0.2, -0.15) is 0 Å². The first kappa shape index (κ1) is 15.4. The van der Waals surface area contributed by atoms with Gasteiger partial charge in [-0.05, 0) is 25.7 Å². The number of rotatable bonds is 9. The molecule has 1 aliphatic carbocycles. The minimum absolute atomic E-state index is 0.0517. The summed E-state index contributed by atoms with van der Waals surface area (Å²) in [5, 5.41) is 2.67. The number of amides is 1. The van der Waals surface area contributed by atoms with Crippen molar-refractivity contribution in [1.82, 2.24) is 10.2 Å². The second kappa shape index (κ2) is 7.71. The summed E-state index contributed by atoms with van der Waals surface area (Å²) in [6.45, 7) is 4.27. The number of nitrogens with one attached hydrogen (secondary N) is 1. The first-order chi connectivity index (χ1) is 8.63. The first-order valence-corrected chi connectivity index (χ1v) is 6.79. The predicted octanol–water partition coefficient (Wildman–Crippen LogP) is 0.197. The van der Waals surface area contributed by atoms with Gasteiger partial charge in [-0.15, -0.1) is 0 Å². The molecule has 0 aliphatic heterocycles. The number of carbonyl (C=O) groups is 1. The van der Waals surface area contributed by atoms with Crippen molar-refractivity contribution in [2.45, 2.75) is 38.3 Å². The molecule has 0 radical (unpaired) electrons. The van der Waals surface area contributed by atoms with Gasteiger partial charge in [0.25, 0.3) is 0 Å². The van der Waals surface area contributed by atoms with Crippen LogP contribution < -0.4 is 11.1 Å². The zero-order valence-corrected chi connectivity index (χ0v) is 11.8. The molecular weight excluding hydrogens is 230 g/mol. The molecule has 5 nitrogen and oxygen atoms in total. The molecule has 3 N–H and O–H groups in total. The molecule has 1 rings (SSSR count). The van der Waals surface area contributed by atoms with Crippen LogP contribution in [0.5, 0.6) is 0 Å². The van der Waals surface area contributed by atoms with E-state index in [1.54, 1.807) is 14.2 Å².